The van der Waals surface area contributed by atoms with Gasteiger partial charge in [0.25, 0.3) is 11.8 Å². The first-order valence-electron chi connectivity index (χ1n) is 9.93. The summed E-state index contributed by atoms with van der Waals surface area (Å²) in [7, 11) is 0. The van der Waals surface area contributed by atoms with Gasteiger partial charge in [0, 0.05) is 43.3 Å². The first kappa shape index (κ1) is 20.5. The topological polar surface area (TPSA) is 85.8 Å². The summed E-state index contributed by atoms with van der Waals surface area (Å²) >= 11 is 0. The lowest BCUT2D eigenvalue weighted by atomic mass is 10.2. The van der Waals surface area contributed by atoms with E-state index in [1.54, 1.807) is 30.6 Å². The van der Waals surface area contributed by atoms with E-state index in [9.17, 15) is 9.18 Å². The van der Waals surface area contributed by atoms with Crippen molar-refractivity contribution >= 4 is 5.91 Å². The fraction of sp³-hybridized carbons (Fsp3) is 0.217. The molecule has 0 unspecified atom stereocenters. The van der Waals surface area contributed by atoms with Gasteiger partial charge < -0.3 is 14.4 Å². The van der Waals surface area contributed by atoms with Crippen LogP contribution in [0.2, 0.25) is 0 Å². The van der Waals surface area contributed by atoms with Gasteiger partial charge in [0.05, 0.1) is 11.1 Å². The first-order valence-corrected chi connectivity index (χ1v) is 9.93. The van der Waals surface area contributed by atoms with E-state index in [0.717, 1.165) is 22.5 Å². The molecule has 0 saturated heterocycles. The quantitative estimate of drug-likeness (QED) is 0.494. The summed E-state index contributed by atoms with van der Waals surface area (Å²) in [5.74, 6) is 0.494. The number of nitrogens with one attached hydrogen (secondary N) is 1. The summed E-state index contributed by atoms with van der Waals surface area (Å²) in [6, 6.07) is 11.9. The highest BCUT2D eigenvalue weighted by molar-refractivity contribution is 5.95. The molecule has 4 rings (SSSR count). The Labute approximate surface area is 178 Å². The Hall–Kier alpha value is -3.81. The van der Waals surface area contributed by atoms with E-state index < -0.39 is 0 Å². The highest BCUT2D eigenvalue weighted by atomic mass is 19.1. The lowest BCUT2D eigenvalue weighted by Gasteiger charge is -2.10. The van der Waals surface area contributed by atoms with Gasteiger partial charge in [-0.3, -0.25) is 9.78 Å². The second-order valence-electron chi connectivity index (χ2n) is 7.26. The highest BCUT2D eigenvalue weighted by Gasteiger charge is 2.16. The van der Waals surface area contributed by atoms with Crippen LogP contribution in [0.5, 0.6) is 0 Å². The zero-order valence-corrected chi connectivity index (χ0v) is 17.3. The monoisotopic (exact) mass is 419 g/mol. The van der Waals surface area contributed by atoms with Crippen LogP contribution in [0.15, 0.2) is 59.4 Å². The van der Waals surface area contributed by atoms with Crippen molar-refractivity contribution in [2.75, 3.05) is 6.54 Å². The largest absolute Gasteiger partial charge is 0.352 e. The molecule has 0 radical (unpaired) electrons. The number of benzene rings is 1. The molecule has 0 fully saturated rings. The van der Waals surface area contributed by atoms with Crippen LogP contribution < -0.4 is 5.32 Å². The second kappa shape index (κ2) is 8.91. The average molecular weight is 419 g/mol. The zero-order valence-electron chi connectivity index (χ0n) is 17.3. The van der Waals surface area contributed by atoms with Gasteiger partial charge in [0.2, 0.25) is 0 Å². The number of nitrogens with zero attached hydrogens (tertiary/aromatic N) is 4. The molecule has 0 saturated carbocycles. The molecule has 1 amide bonds. The Morgan fingerprint density at radius 3 is 2.74 bits per heavy atom. The van der Waals surface area contributed by atoms with Crippen LogP contribution >= 0.6 is 0 Å². The van der Waals surface area contributed by atoms with Crippen molar-refractivity contribution in [2.24, 2.45) is 0 Å². The Bertz CT molecular complexity index is 1180. The number of halogens is 1. The van der Waals surface area contributed by atoms with E-state index in [-0.39, 0.29) is 11.7 Å². The Morgan fingerprint density at radius 2 is 2.00 bits per heavy atom. The summed E-state index contributed by atoms with van der Waals surface area (Å²) in [4.78, 5) is 21.1. The molecule has 0 aliphatic heterocycles. The Balaban J connectivity index is 1.37. The molecule has 1 aromatic carbocycles. The Morgan fingerprint density at radius 1 is 1.19 bits per heavy atom. The third-order valence-electron chi connectivity index (χ3n) is 5.08. The van der Waals surface area contributed by atoms with Crippen LogP contribution in [0.25, 0.3) is 11.5 Å². The maximum atomic E-state index is 13.1. The van der Waals surface area contributed by atoms with E-state index in [0.29, 0.717) is 36.8 Å². The van der Waals surface area contributed by atoms with Gasteiger partial charge in [-0.25, -0.2) is 4.39 Å². The second-order valence-corrected chi connectivity index (χ2v) is 7.26. The predicted octanol–water partition coefficient (Wildman–Crippen LogP) is 3.71. The molecule has 1 N–H and O–H groups in total. The van der Waals surface area contributed by atoms with Gasteiger partial charge in [-0.05, 0) is 49.7 Å². The number of hydrogen-bond donors (Lipinski definition) is 1. The highest BCUT2D eigenvalue weighted by Crippen LogP contribution is 2.18. The predicted molar refractivity (Wildman–Crippen MR) is 113 cm³/mol. The number of carbonyl (C=O) groups excluding carboxylic acids is 1. The van der Waals surface area contributed by atoms with Gasteiger partial charge in [-0.2, -0.15) is 4.98 Å². The molecule has 0 bridgehead atoms. The molecule has 0 aliphatic rings. The van der Waals surface area contributed by atoms with Crippen LogP contribution in [0.1, 0.15) is 33.1 Å². The standard InChI is InChI=1S/C23H22FN5O2/c1-15-12-20(16(2)29(15)14-17-5-7-19(24)8-6-17)22(30)26-11-9-21-27-23(31-28-21)18-4-3-10-25-13-18/h3-8,10,12-13H,9,11,14H2,1-2H3,(H,26,30). The minimum Gasteiger partial charge on any atom is -0.352 e. The van der Waals surface area contributed by atoms with Gasteiger partial charge >= 0.3 is 0 Å². The summed E-state index contributed by atoms with van der Waals surface area (Å²) in [5.41, 5.74) is 4.16. The number of pyridine rings is 1. The maximum absolute atomic E-state index is 13.1. The Kier molecular flexibility index (Phi) is 5.88. The summed E-state index contributed by atoms with van der Waals surface area (Å²) < 4.78 is 20.4. The lowest BCUT2D eigenvalue weighted by molar-refractivity contribution is 0.0953. The molecule has 4 aromatic rings. The summed E-state index contributed by atoms with van der Waals surface area (Å²) in [5, 5.41) is 6.87. The number of amides is 1. The number of aryl methyl sites for hydroxylation is 1. The molecular weight excluding hydrogens is 397 g/mol. The van der Waals surface area contributed by atoms with Crippen molar-refractivity contribution in [1.29, 1.82) is 0 Å². The molecule has 0 spiro atoms. The zero-order chi connectivity index (χ0) is 21.8. The summed E-state index contributed by atoms with van der Waals surface area (Å²) in [6.45, 7) is 4.81. The van der Waals surface area contributed by atoms with Crippen molar-refractivity contribution in [3.05, 3.63) is 89.0 Å². The number of hydrogen-bond acceptors (Lipinski definition) is 5. The van der Waals surface area contributed by atoms with Crippen LogP contribution in [-0.4, -0.2) is 32.1 Å². The fourth-order valence-corrected chi connectivity index (χ4v) is 3.39. The van der Waals surface area contributed by atoms with Crippen LogP contribution in [0.3, 0.4) is 0 Å². The van der Waals surface area contributed by atoms with Crippen molar-refractivity contribution in [1.82, 2.24) is 25.0 Å². The maximum Gasteiger partial charge on any atom is 0.259 e. The molecule has 0 atom stereocenters. The lowest BCUT2D eigenvalue weighted by Crippen LogP contribution is -2.26. The number of rotatable bonds is 7. The molecule has 3 heterocycles. The smallest absolute Gasteiger partial charge is 0.259 e. The molecule has 8 heteroatoms. The number of carbonyl (C=O) groups is 1. The molecule has 31 heavy (non-hydrogen) atoms. The molecule has 158 valence electrons. The normalized spacial score (nSPS) is 10.9. The van der Waals surface area contributed by atoms with E-state index in [2.05, 4.69) is 20.4 Å². The van der Waals surface area contributed by atoms with Crippen molar-refractivity contribution in [2.45, 2.75) is 26.8 Å². The molecule has 0 aliphatic carbocycles. The van der Waals surface area contributed by atoms with Crippen molar-refractivity contribution in [3.63, 3.8) is 0 Å². The molecular formula is C23H22FN5O2. The van der Waals surface area contributed by atoms with Crippen molar-refractivity contribution < 1.29 is 13.7 Å². The van der Waals surface area contributed by atoms with Crippen LogP contribution in [0, 0.1) is 19.7 Å². The average Bonchev–Trinajstić information content (AvgIpc) is 3.36. The van der Waals surface area contributed by atoms with Gasteiger partial charge in [0.1, 0.15) is 5.82 Å². The summed E-state index contributed by atoms with van der Waals surface area (Å²) in [6.07, 6.45) is 3.78. The van der Waals surface area contributed by atoms with Gasteiger partial charge in [0.15, 0.2) is 5.82 Å². The van der Waals surface area contributed by atoms with Gasteiger partial charge in [-0.15, -0.1) is 0 Å². The third-order valence-corrected chi connectivity index (χ3v) is 5.08. The van der Waals surface area contributed by atoms with Gasteiger partial charge in [-0.1, -0.05) is 17.3 Å². The SMILES string of the molecule is Cc1cc(C(=O)NCCc2noc(-c3cccnc3)n2)c(C)n1Cc1ccc(F)cc1. The van der Waals surface area contributed by atoms with Crippen LogP contribution in [0.4, 0.5) is 4.39 Å². The minimum absolute atomic E-state index is 0.158. The fourth-order valence-electron chi connectivity index (χ4n) is 3.39. The minimum atomic E-state index is -0.265. The van der Waals surface area contributed by atoms with E-state index in [1.165, 1.54) is 12.1 Å². The number of aromatic nitrogens is 4. The third kappa shape index (κ3) is 4.69. The molecule has 7 nitrogen and oxygen atoms in total. The van der Waals surface area contributed by atoms with Crippen molar-refractivity contribution in [3.8, 4) is 11.5 Å². The van der Waals surface area contributed by atoms with Crippen LogP contribution in [-0.2, 0) is 13.0 Å². The van der Waals surface area contributed by atoms with E-state index in [4.69, 9.17) is 4.52 Å². The van der Waals surface area contributed by atoms with E-state index >= 15 is 0 Å². The first-order chi connectivity index (χ1) is 15.0. The van der Waals surface area contributed by atoms with E-state index in [1.807, 2.05) is 30.5 Å². The molecule has 3 aromatic heterocycles.